The number of rotatable bonds is 11. The molecule has 49 heavy (non-hydrogen) atoms. The number of thiol groups is 1. The Morgan fingerprint density at radius 3 is 1.84 bits per heavy atom. The minimum Gasteiger partial charge on any atom is -0.457 e. The molecule has 3 unspecified atom stereocenters. The van der Waals surface area contributed by atoms with Crippen molar-refractivity contribution >= 4 is 75.7 Å². The molecule has 9 nitrogen and oxygen atoms in total. The molecule has 1 fully saturated rings. The van der Waals surface area contributed by atoms with E-state index >= 15 is 0 Å². The average molecular weight is 711 g/mol. The van der Waals surface area contributed by atoms with Gasteiger partial charge >= 0.3 is 11.9 Å². The molecule has 248 valence electrons. The molecule has 0 bridgehead atoms. The molecule has 3 atom stereocenters. The van der Waals surface area contributed by atoms with Crippen LogP contribution in [-0.2, 0) is 30.5 Å². The van der Waals surface area contributed by atoms with E-state index in [0.29, 0.717) is 11.1 Å². The van der Waals surface area contributed by atoms with E-state index in [9.17, 15) is 24.5 Å². The average Bonchev–Trinajstić information content (AvgIpc) is 3.67. The predicted octanol–water partition coefficient (Wildman–Crippen LogP) is 5.84. The molecule has 0 saturated carbocycles. The molecule has 0 radical (unpaired) electrons. The number of ether oxygens (including phenoxy) is 2. The number of hydrogen-bond donors (Lipinski definition) is 1. The molecular formula is C37H31N2O7PS2. The zero-order valence-corrected chi connectivity index (χ0v) is 28.8. The minimum absolute atomic E-state index is 0.0902. The molecule has 12 heteroatoms. The zero-order chi connectivity index (χ0) is 34.5. The highest BCUT2D eigenvalue weighted by atomic mass is 32.1. The van der Waals surface area contributed by atoms with Crippen LogP contribution in [0.5, 0.6) is 0 Å². The molecule has 1 saturated heterocycles. The summed E-state index contributed by atoms with van der Waals surface area (Å²) >= 11 is 6.35. The van der Waals surface area contributed by atoms with E-state index in [4.69, 9.17) is 22.1 Å². The number of thiophene rings is 1. The molecule has 2 heterocycles. The van der Waals surface area contributed by atoms with Gasteiger partial charge in [0.1, 0.15) is 24.0 Å². The van der Waals surface area contributed by atoms with Gasteiger partial charge in [-0.15, -0.1) is 0 Å². The summed E-state index contributed by atoms with van der Waals surface area (Å²) in [6, 6.07) is 36.2. The van der Waals surface area contributed by atoms with Gasteiger partial charge in [0, 0.05) is 31.5 Å². The number of β-lactam (4-membered cyclic amide) rings is 1. The van der Waals surface area contributed by atoms with Gasteiger partial charge in [0.2, 0.25) is 5.91 Å². The monoisotopic (exact) mass is 710 g/mol. The van der Waals surface area contributed by atoms with Crippen LogP contribution in [0.15, 0.2) is 132 Å². The highest BCUT2D eigenvalue weighted by molar-refractivity contribution is 7.96. The molecule has 0 N–H and O–H groups in total. The lowest BCUT2D eigenvalue weighted by Crippen LogP contribution is -2.65. The summed E-state index contributed by atoms with van der Waals surface area (Å²) in [5.74, 6) is -2.61. The third-order valence-electron chi connectivity index (χ3n) is 8.28. The second kappa shape index (κ2) is 14.7. The lowest BCUT2D eigenvalue weighted by atomic mass is 9.88. The Bertz CT molecular complexity index is 1920. The van der Waals surface area contributed by atoms with Crippen molar-refractivity contribution in [2.45, 2.75) is 25.0 Å². The van der Waals surface area contributed by atoms with Gasteiger partial charge in [-0.25, -0.2) is 4.79 Å². The third-order valence-corrected chi connectivity index (χ3v) is 13.8. The Kier molecular flexibility index (Phi) is 10.1. The van der Waals surface area contributed by atoms with E-state index in [-0.39, 0.29) is 17.7 Å². The summed E-state index contributed by atoms with van der Waals surface area (Å²) in [6.45, 7) is -2.11. The molecular weight excluding hydrogens is 680 g/mol. The van der Waals surface area contributed by atoms with Crippen LogP contribution >= 0.6 is 30.9 Å². The maximum atomic E-state index is 14.8. The molecule has 5 aromatic rings. The highest BCUT2D eigenvalue weighted by Gasteiger charge is 2.56. The lowest BCUT2D eigenvalue weighted by molar-refractivity contribution is -0.384. The molecule has 0 spiro atoms. The fraction of sp³-hybridized carbons (Fsp3) is 0.135. The molecule has 1 aliphatic heterocycles. The first-order valence-corrected chi connectivity index (χ1v) is 18.5. The van der Waals surface area contributed by atoms with Crippen LogP contribution < -0.4 is 15.9 Å². The van der Waals surface area contributed by atoms with Crippen molar-refractivity contribution in [3.63, 3.8) is 0 Å². The van der Waals surface area contributed by atoms with Gasteiger partial charge in [0.15, 0.2) is 0 Å². The maximum Gasteiger partial charge on any atom is 0.356 e. The first-order chi connectivity index (χ1) is 23.7. The van der Waals surface area contributed by atoms with E-state index < -0.39 is 47.1 Å². The second-order valence-corrected chi connectivity index (χ2v) is 15.9. The van der Waals surface area contributed by atoms with Gasteiger partial charge in [-0.2, -0.15) is 24.0 Å². The zero-order valence-electron chi connectivity index (χ0n) is 26.2. The number of nitrogens with zero attached hydrogens (tertiary/aromatic N) is 2. The summed E-state index contributed by atoms with van der Waals surface area (Å²) < 4.78 is 11.7. The number of carbonyl (C=O) groups excluding carboxylic acids is 3. The van der Waals surface area contributed by atoms with Crippen LogP contribution in [0.2, 0.25) is 0 Å². The molecule has 6 rings (SSSR count). The van der Waals surface area contributed by atoms with Crippen LogP contribution in [0, 0.1) is 16.0 Å². The number of benzene rings is 4. The summed E-state index contributed by atoms with van der Waals surface area (Å²) in [5, 5.41) is 16.4. The number of carbonyl (C=O) groups is 3. The predicted molar refractivity (Wildman–Crippen MR) is 195 cm³/mol. The van der Waals surface area contributed by atoms with Crippen LogP contribution in [0.1, 0.15) is 24.2 Å². The topological polar surface area (TPSA) is 116 Å². The number of amides is 1. The van der Waals surface area contributed by atoms with Crippen molar-refractivity contribution in [2.75, 3.05) is 0 Å². The van der Waals surface area contributed by atoms with E-state index in [2.05, 4.69) is 0 Å². The summed E-state index contributed by atoms with van der Waals surface area (Å²) in [6.07, 6.45) is -0.912. The molecule has 1 aliphatic rings. The normalized spacial score (nSPS) is 16.3. The van der Waals surface area contributed by atoms with Crippen molar-refractivity contribution in [2.24, 2.45) is 5.92 Å². The Balaban J connectivity index is 1.58. The van der Waals surface area contributed by atoms with Crippen LogP contribution in [0.3, 0.4) is 0 Å². The summed E-state index contributed by atoms with van der Waals surface area (Å²) in [5.41, 5.74) is 1.22. The molecule has 0 aliphatic carbocycles. The molecule has 1 amide bonds. The molecule has 4 aromatic carbocycles. The van der Waals surface area contributed by atoms with E-state index in [1.807, 2.05) is 102 Å². The Labute approximate surface area is 292 Å². The number of esters is 2. The fourth-order valence-corrected chi connectivity index (χ4v) is 11.7. The van der Waals surface area contributed by atoms with Crippen molar-refractivity contribution in [1.82, 2.24) is 4.90 Å². The van der Waals surface area contributed by atoms with Crippen LogP contribution in [0.25, 0.3) is 0 Å². The van der Waals surface area contributed by atoms with E-state index in [1.54, 1.807) is 6.07 Å². The number of nitro benzene ring substituents is 1. The number of hydrogen-bond acceptors (Lipinski definition) is 9. The Hall–Kier alpha value is -4.96. The van der Waals surface area contributed by atoms with Gasteiger partial charge in [-0.05, 0) is 50.4 Å². The van der Waals surface area contributed by atoms with Crippen molar-refractivity contribution in [3.05, 3.63) is 153 Å². The fourth-order valence-electron chi connectivity index (χ4n) is 6.07. The smallest absolute Gasteiger partial charge is 0.356 e. The van der Waals surface area contributed by atoms with Crippen molar-refractivity contribution < 1.29 is 28.8 Å². The van der Waals surface area contributed by atoms with Gasteiger partial charge < -0.3 is 9.47 Å². The van der Waals surface area contributed by atoms with Crippen LogP contribution in [-0.4, -0.2) is 38.5 Å². The van der Waals surface area contributed by atoms with Crippen LogP contribution in [0.4, 0.5) is 5.69 Å². The number of likely N-dealkylation sites (tertiary alicyclic amines) is 1. The van der Waals surface area contributed by atoms with Gasteiger partial charge in [-0.1, -0.05) is 91.0 Å². The first kappa shape index (κ1) is 33.9. The maximum absolute atomic E-state index is 14.8. The SMILES string of the molecule is CC(=O)OC(c1ccsc1)C1C(=O)N(C(C(=O)OCc2ccc([N+](=O)[O-])cc2)=P(c2ccccc2)(c2ccccc2)c2ccccc2)C1S. The standard InChI is InChI=1S/C37H31N2O7PS2/c1-25(40)46-33(27-21-22-49-24-27)32-34(41)38(36(32)48)35(37(42)45-23-26-17-19-28(20-18-26)39(43)44)47(29-11-5-2-6-12-29,30-13-7-3-8-14-30)31-15-9-4-10-16-31/h2-22,24,32-33,36,48H,23H2,1H3. The first-order valence-electron chi connectivity index (χ1n) is 15.3. The number of nitro groups is 1. The Morgan fingerprint density at radius 2 is 1.41 bits per heavy atom. The Morgan fingerprint density at radius 1 is 0.878 bits per heavy atom. The van der Waals surface area contributed by atoms with Gasteiger partial charge in [0.25, 0.3) is 5.69 Å². The van der Waals surface area contributed by atoms with Gasteiger partial charge in [-0.3, -0.25) is 24.6 Å². The largest absolute Gasteiger partial charge is 0.457 e. The summed E-state index contributed by atoms with van der Waals surface area (Å²) in [7, 11) is 0. The second-order valence-electron chi connectivity index (χ2n) is 11.2. The van der Waals surface area contributed by atoms with E-state index in [0.717, 1.165) is 15.9 Å². The van der Waals surface area contributed by atoms with Crippen molar-refractivity contribution in [3.8, 4) is 0 Å². The van der Waals surface area contributed by atoms with Crippen molar-refractivity contribution in [1.29, 1.82) is 0 Å². The van der Waals surface area contributed by atoms with E-state index in [1.165, 1.54) is 47.4 Å². The number of non-ortho nitro benzene ring substituents is 1. The van der Waals surface area contributed by atoms with Gasteiger partial charge in [0.05, 0.1) is 10.3 Å². The quantitative estimate of drug-likeness (QED) is 0.0457. The minimum atomic E-state index is -3.20. The summed E-state index contributed by atoms with van der Waals surface area (Å²) in [4.78, 5) is 53.7. The third kappa shape index (κ3) is 6.57. The molecule has 1 aromatic heterocycles. The lowest BCUT2D eigenvalue weighted by Gasteiger charge is -2.49. The highest BCUT2D eigenvalue weighted by Crippen LogP contribution is 2.51.